The fraction of sp³-hybridized carbons (Fsp3) is 0.211. The lowest BCUT2D eigenvalue weighted by molar-refractivity contribution is -0.148. The van der Waals surface area contributed by atoms with Gasteiger partial charge in [0, 0.05) is 6.54 Å². The predicted molar refractivity (Wildman–Crippen MR) is 90.7 cm³/mol. The summed E-state index contributed by atoms with van der Waals surface area (Å²) in [6, 6.07) is 17.5. The van der Waals surface area contributed by atoms with E-state index in [0.29, 0.717) is 11.3 Å². The summed E-state index contributed by atoms with van der Waals surface area (Å²) < 4.78 is 5.58. The predicted octanol–water partition coefficient (Wildman–Crippen LogP) is 2.44. The van der Waals surface area contributed by atoms with Crippen molar-refractivity contribution in [3.05, 3.63) is 65.7 Å². The quantitative estimate of drug-likeness (QED) is 0.837. The molecule has 6 heteroatoms. The molecule has 0 aliphatic carbocycles. The van der Waals surface area contributed by atoms with Crippen LogP contribution in [0.1, 0.15) is 18.1 Å². The highest BCUT2D eigenvalue weighted by molar-refractivity contribution is 5.84. The number of benzene rings is 2. The third-order valence-electron chi connectivity index (χ3n) is 3.50. The Morgan fingerprint density at radius 2 is 1.80 bits per heavy atom. The Morgan fingerprint density at radius 1 is 1.16 bits per heavy atom. The number of rotatable bonds is 7. The van der Waals surface area contributed by atoms with Gasteiger partial charge >= 0.3 is 5.97 Å². The number of nitriles is 1. The average molecular weight is 338 g/mol. The molecular weight excluding hydrogens is 320 g/mol. The monoisotopic (exact) mass is 338 g/mol. The lowest BCUT2D eigenvalue weighted by Crippen LogP contribution is -2.42. The van der Waals surface area contributed by atoms with Crippen LogP contribution in [0.2, 0.25) is 0 Å². The second-order valence-corrected chi connectivity index (χ2v) is 5.47. The van der Waals surface area contributed by atoms with Gasteiger partial charge in [0.1, 0.15) is 12.3 Å². The van der Waals surface area contributed by atoms with E-state index in [2.05, 4.69) is 0 Å². The second-order valence-electron chi connectivity index (χ2n) is 5.47. The van der Waals surface area contributed by atoms with Gasteiger partial charge in [-0.25, -0.2) is 0 Å². The summed E-state index contributed by atoms with van der Waals surface area (Å²) in [4.78, 5) is 24.9. The summed E-state index contributed by atoms with van der Waals surface area (Å²) in [5, 5.41) is 17.9. The molecule has 0 heterocycles. The minimum absolute atomic E-state index is 0.188. The van der Waals surface area contributed by atoms with Crippen molar-refractivity contribution in [3.8, 4) is 11.8 Å². The number of ether oxygens (including phenoxy) is 1. The molecule has 0 aliphatic rings. The van der Waals surface area contributed by atoms with E-state index < -0.39 is 24.5 Å². The van der Waals surface area contributed by atoms with E-state index in [-0.39, 0.29) is 6.54 Å². The molecule has 0 fully saturated rings. The Hall–Kier alpha value is -3.33. The second kappa shape index (κ2) is 8.50. The normalized spacial score (nSPS) is 11.2. The number of nitrogens with zero attached hydrogens (tertiary/aromatic N) is 2. The van der Waals surface area contributed by atoms with Crippen LogP contribution in [0.4, 0.5) is 0 Å². The van der Waals surface area contributed by atoms with Crippen molar-refractivity contribution < 1.29 is 19.4 Å². The van der Waals surface area contributed by atoms with Gasteiger partial charge in [-0.05, 0) is 36.8 Å². The van der Waals surface area contributed by atoms with E-state index in [4.69, 9.17) is 15.1 Å². The average Bonchev–Trinajstić information content (AvgIpc) is 2.61. The maximum Gasteiger partial charge on any atom is 0.323 e. The zero-order valence-electron chi connectivity index (χ0n) is 13.8. The van der Waals surface area contributed by atoms with E-state index in [9.17, 15) is 9.59 Å². The number of carboxylic acid groups (broad SMARTS) is 1. The molecule has 25 heavy (non-hydrogen) atoms. The Labute approximate surface area is 145 Å². The molecule has 0 spiro atoms. The van der Waals surface area contributed by atoms with Crippen molar-refractivity contribution in [2.24, 2.45) is 0 Å². The third kappa shape index (κ3) is 5.36. The molecule has 0 aliphatic heterocycles. The molecule has 0 saturated heterocycles. The summed E-state index contributed by atoms with van der Waals surface area (Å²) in [6.07, 6.45) is -0.851. The minimum atomic E-state index is -1.09. The summed E-state index contributed by atoms with van der Waals surface area (Å²) in [5.74, 6) is -1.07. The Kier molecular flexibility index (Phi) is 6.13. The standard InChI is InChI=1S/C19H18N2O4/c1-14(25-17-9-7-15(11-20)8-10-17)19(24)21(13-18(22)23)12-16-5-3-2-4-6-16/h2-10,14H,12-13H2,1H3,(H,22,23)/t14-/m0/s1. The number of hydrogen-bond acceptors (Lipinski definition) is 4. The third-order valence-corrected chi connectivity index (χ3v) is 3.50. The maximum absolute atomic E-state index is 12.6. The highest BCUT2D eigenvalue weighted by Crippen LogP contribution is 2.15. The fourth-order valence-corrected chi connectivity index (χ4v) is 2.30. The molecule has 2 aromatic rings. The van der Waals surface area contributed by atoms with Crippen molar-refractivity contribution in [2.45, 2.75) is 19.6 Å². The number of carbonyl (C=O) groups is 2. The molecule has 0 unspecified atom stereocenters. The first kappa shape index (κ1) is 18.0. The number of amides is 1. The van der Waals surface area contributed by atoms with Gasteiger partial charge < -0.3 is 14.7 Å². The van der Waals surface area contributed by atoms with Crippen LogP contribution in [-0.2, 0) is 16.1 Å². The van der Waals surface area contributed by atoms with Crippen LogP contribution in [0.3, 0.4) is 0 Å². The SMILES string of the molecule is C[C@H](Oc1ccc(C#N)cc1)C(=O)N(CC(=O)O)Cc1ccccc1. The summed E-state index contributed by atoms with van der Waals surface area (Å²) >= 11 is 0. The van der Waals surface area contributed by atoms with E-state index in [1.165, 1.54) is 4.90 Å². The van der Waals surface area contributed by atoms with Gasteiger partial charge in [-0.2, -0.15) is 5.26 Å². The highest BCUT2D eigenvalue weighted by atomic mass is 16.5. The largest absolute Gasteiger partial charge is 0.481 e. The molecule has 0 radical (unpaired) electrons. The zero-order chi connectivity index (χ0) is 18.2. The van der Waals surface area contributed by atoms with Gasteiger partial charge in [-0.1, -0.05) is 30.3 Å². The smallest absolute Gasteiger partial charge is 0.323 e. The van der Waals surface area contributed by atoms with E-state index in [1.54, 1.807) is 31.2 Å². The lowest BCUT2D eigenvalue weighted by Gasteiger charge is -2.24. The van der Waals surface area contributed by atoms with Gasteiger partial charge in [0.2, 0.25) is 0 Å². The molecule has 1 amide bonds. The van der Waals surface area contributed by atoms with Gasteiger partial charge in [0.25, 0.3) is 5.91 Å². The van der Waals surface area contributed by atoms with Gasteiger partial charge in [-0.3, -0.25) is 9.59 Å². The summed E-state index contributed by atoms with van der Waals surface area (Å²) in [5.41, 5.74) is 1.32. The minimum Gasteiger partial charge on any atom is -0.481 e. The molecule has 1 atom stereocenters. The summed E-state index contributed by atoms with van der Waals surface area (Å²) in [7, 11) is 0. The van der Waals surface area contributed by atoms with E-state index in [1.807, 2.05) is 36.4 Å². The van der Waals surface area contributed by atoms with Crippen LogP contribution >= 0.6 is 0 Å². The number of aliphatic carboxylic acids is 1. The number of carbonyl (C=O) groups excluding carboxylic acids is 1. The van der Waals surface area contributed by atoms with Crippen molar-refractivity contribution in [2.75, 3.05) is 6.54 Å². The summed E-state index contributed by atoms with van der Waals surface area (Å²) in [6.45, 7) is 1.35. The van der Waals surface area contributed by atoms with Crippen LogP contribution in [0, 0.1) is 11.3 Å². The van der Waals surface area contributed by atoms with E-state index >= 15 is 0 Å². The molecule has 128 valence electrons. The van der Waals surface area contributed by atoms with Crippen molar-refractivity contribution in [3.63, 3.8) is 0 Å². The van der Waals surface area contributed by atoms with Crippen molar-refractivity contribution in [1.82, 2.24) is 4.90 Å². The maximum atomic E-state index is 12.6. The first-order valence-electron chi connectivity index (χ1n) is 7.71. The molecule has 1 N–H and O–H groups in total. The van der Waals surface area contributed by atoms with Gasteiger partial charge in [-0.15, -0.1) is 0 Å². The zero-order valence-corrected chi connectivity index (χ0v) is 13.8. The molecule has 0 bridgehead atoms. The molecule has 0 aromatic heterocycles. The Morgan fingerprint density at radius 3 is 2.36 bits per heavy atom. The molecule has 2 rings (SSSR count). The first-order valence-corrected chi connectivity index (χ1v) is 7.71. The van der Waals surface area contributed by atoms with Crippen molar-refractivity contribution >= 4 is 11.9 Å². The van der Waals surface area contributed by atoms with Crippen LogP contribution in [0.5, 0.6) is 5.75 Å². The highest BCUT2D eigenvalue weighted by Gasteiger charge is 2.24. The Bertz CT molecular complexity index is 766. The van der Waals surface area contributed by atoms with Crippen LogP contribution < -0.4 is 4.74 Å². The molecule has 0 saturated carbocycles. The molecule has 2 aromatic carbocycles. The first-order chi connectivity index (χ1) is 12.0. The van der Waals surface area contributed by atoms with Crippen molar-refractivity contribution in [1.29, 1.82) is 5.26 Å². The Balaban J connectivity index is 2.08. The fourth-order valence-electron chi connectivity index (χ4n) is 2.30. The number of carboxylic acids is 1. The molecule has 6 nitrogen and oxygen atoms in total. The lowest BCUT2D eigenvalue weighted by atomic mass is 10.2. The van der Waals surface area contributed by atoms with Gasteiger partial charge in [0.15, 0.2) is 6.10 Å². The van der Waals surface area contributed by atoms with Crippen LogP contribution in [0.15, 0.2) is 54.6 Å². The van der Waals surface area contributed by atoms with Crippen LogP contribution in [0.25, 0.3) is 0 Å². The van der Waals surface area contributed by atoms with Gasteiger partial charge in [0.05, 0.1) is 11.6 Å². The van der Waals surface area contributed by atoms with E-state index in [0.717, 1.165) is 5.56 Å². The number of hydrogen-bond donors (Lipinski definition) is 1. The molecular formula is C19H18N2O4. The topological polar surface area (TPSA) is 90.6 Å². The van der Waals surface area contributed by atoms with Crippen LogP contribution in [-0.4, -0.2) is 34.5 Å².